The van der Waals surface area contributed by atoms with Crippen molar-refractivity contribution in [2.24, 2.45) is 0 Å². The third kappa shape index (κ3) is 2.73. The Morgan fingerprint density at radius 1 is 1.53 bits per heavy atom. The highest BCUT2D eigenvalue weighted by Gasteiger charge is 2.25. The van der Waals surface area contributed by atoms with E-state index < -0.39 is 0 Å². The minimum absolute atomic E-state index is 0.328. The number of methoxy groups -OCH3 is 1. The highest BCUT2D eigenvalue weighted by molar-refractivity contribution is 6.33. The van der Waals surface area contributed by atoms with E-state index in [4.69, 9.17) is 16.3 Å². The lowest BCUT2D eigenvalue weighted by atomic mass is 10.1. The largest absolute Gasteiger partial charge is 0.380 e. The molecule has 1 atom stereocenters. The molecular formula is C13H19ClN2O. The number of nitrogens with one attached hydrogen (secondary N) is 1. The Morgan fingerprint density at radius 3 is 3.00 bits per heavy atom. The first-order valence-corrected chi connectivity index (χ1v) is 6.33. The second-order valence-corrected chi connectivity index (χ2v) is 4.78. The van der Waals surface area contributed by atoms with Gasteiger partial charge < -0.3 is 15.0 Å². The number of hydrogen-bond donors (Lipinski definition) is 1. The Morgan fingerprint density at radius 2 is 2.35 bits per heavy atom. The first kappa shape index (κ1) is 12.7. The van der Waals surface area contributed by atoms with E-state index >= 15 is 0 Å². The fraction of sp³-hybridized carbons (Fsp3) is 0.538. The molecule has 94 valence electrons. The van der Waals surface area contributed by atoms with E-state index in [9.17, 15) is 0 Å². The summed E-state index contributed by atoms with van der Waals surface area (Å²) in [4.78, 5) is 2.32. The first-order valence-electron chi connectivity index (χ1n) is 5.96. The molecule has 1 saturated heterocycles. The van der Waals surface area contributed by atoms with Gasteiger partial charge in [-0.05, 0) is 25.1 Å². The van der Waals surface area contributed by atoms with Crippen molar-refractivity contribution in [2.75, 3.05) is 32.1 Å². The van der Waals surface area contributed by atoms with E-state index in [1.807, 2.05) is 19.2 Å². The Balaban J connectivity index is 2.24. The summed E-state index contributed by atoms with van der Waals surface area (Å²) < 4.78 is 5.40. The summed E-state index contributed by atoms with van der Waals surface area (Å²) in [5.74, 6) is 0. The summed E-state index contributed by atoms with van der Waals surface area (Å²) in [6.07, 6.45) is 1.40. The van der Waals surface area contributed by atoms with Crippen LogP contribution in [0.2, 0.25) is 5.02 Å². The van der Waals surface area contributed by atoms with Crippen LogP contribution in [0.4, 0.5) is 5.69 Å². The molecule has 0 bridgehead atoms. The number of halogens is 1. The number of nitrogens with zero attached hydrogens (tertiary/aromatic N) is 1. The molecular weight excluding hydrogens is 236 g/mol. The van der Waals surface area contributed by atoms with Crippen LogP contribution in [0.25, 0.3) is 0 Å². The highest BCUT2D eigenvalue weighted by atomic mass is 35.5. The van der Waals surface area contributed by atoms with E-state index in [0.29, 0.717) is 6.10 Å². The summed E-state index contributed by atoms with van der Waals surface area (Å²) in [5, 5.41) is 4.01. The predicted molar refractivity (Wildman–Crippen MR) is 71.8 cm³/mol. The molecule has 0 aromatic heterocycles. The van der Waals surface area contributed by atoms with E-state index in [0.717, 1.165) is 36.8 Å². The van der Waals surface area contributed by atoms with Gasteiger partial charge in [0.15, 0.2) is 0 Å². The van der Waals surface area contributed by atoms with E-state index in [-0.39, 0.29) is 0 Å². The summed E-state index contributed by atoms with van der Waals surface area (Å²) >= 11 is 6.33. The number of para-hydroxylation sites is 1. The minimum atomic E-state index is 0.328. The van der Waals surface area contributed by atoms with Crippen LogP contribution >= 0.6 is 11.6 Å². The molecule has 2 rings (SSSR count). The number of ether oxygens (including phenoxy) is 1. The van der Waals surface area contributed by atoms with Gasteiger partial charge in [-0.3, -0.25) is 0 Å². The van der Waals surface area contributed by atoms with Crippen molar-refractivity contribution in [1.29, 1.82) is 0 Å². The average Bonchev–Trinajstić information content (AvgIpc) is 2.78. The van der Waals surface area contributed by atoms with Crippen molar-refractivity contribution in [1.82, 2.24) is 5.32 Å². The van der Waals surface area contributed by atoms with E-state index in [1.165, 1.54) is 5.56 Å². The average molecular weight is 255 g/mol. The Hall–Kier alpha value is -0.770. The van der Waals surface area contributed by atoms with Gasteiger partial charge in [0, 0.05) is 26.7 Å². The van der Waals surface area contributed by atoms with Gasteiger partial charge in [-0.25, -0.2) is 0 Å². The lowest BCUT2D eigenvalue weighted by Gasteiger charge is -2.23. The van der Waals surface area contributed by atoms with Gasteiger partial charge in [0.25, 0.3) is 0 Å². The minimum Gasteiger partial charge on any atom is -0.380 e. The number of anilines is 1. The highest BCUT2D eigenvalue weighted by Crippen LogP contribution is 2.32. The molecule has 1 heterocycles. The molecule has 1 aromatic carbocycles. The first-order chi connectivity index (χ1) is 8.26. The smallest absolute Gasteiger partial charge is 0.0762 e. The molecule has 0 radical (unpaired) electrons. The van der Waals surface area contributed by atoms with Crippen LogP contribution < -0.4 is 10.2 Å². The Bertz CT molecular complexity index is 384. The van der Waals surface area contributed by atoms with Crippen LogP contribution in [0.1, 0.15) is 12.0 Å². The normalized spacial score (nSPS) is 19.9. The fourth-order valence-electron chi connectivity index (χ4n) is 2.37. The molecule has 0 amide bonds. The molecule has 4 heteroatoms. The molecule has 1 aliphatic rings. The van der Waals surface area contributed by atoms with E-state index in [1.54, 1.807) is 7.11 Å². The maximum atomic E-state index is 6.33. The van der Waals surface area contributed by atoms with Crippen LogP contribution in [0, 0.1) is 0 Å². The van der Waals surface area contributed by atoms with Gasteiger partial charge in [-0.2, -0.15) is 0 Å². The molecule has 1 N–H and O–H groups in total. The molecule has 0 aliphatic carbocycles. The van der Waals surface area contributed by atoms with Crippen LogP contribution in [-0.4, -0.2) is 33.4 Å². The van der Waals surface area contributed by atoms with Crippen molar-refractivity contribution < 1.29 is 4.74 Å². The number of benzene rings is 1. The molecule has 17 heavy (non-hydrogen) atoms. The molecule has 1 unspecified atom stereocenters. The van der Waals surface area contributed by atoms with Crippen molar-refractivity contribution in [2.45, 2.75) is 19.1 Å². The quantitative estimate of drug-likeness (QED) is 0.892. The zero-order valence-electron chi connectivity index (χ0n) is 10.4. The second-order valence-electron chi connectivity index (χ2n) is 4.37. The van der Waals surface area contributed by atoms with Crippen LogP contribution in [0.5, 0.6) is 0 Å². The Kier molecular flexibility index (Phi) is 4.26. The van der Waals surface area contributed by atoms with Crippen molar-refractivity contribution in [3.8, 4) is 0 Å². The zero-order valence-corrected chi connectivity index (χ0v) is 11.1. The standard InChI is InChI=1S/C13H19ClN2O/c1-15-8-10-4-3-5-12(14)13(10)16-7-6-11(9-16)17-2/h3-5,11,15H,6-9H2,1-2H3. The Labute approximate surface area is 108 Å². The topological polar surface area (TPSA) is 24.5 Å². The maximum absolute atomic E-state index is 6.33. The van der Waals surface area contributed by atoms with Crippen LogP contribution in [-0.2, 0) is 11.3 Å². The SMILES string of the molecule is CNCc1cccc(Cl)c1N1CCC(OC)C1. The number of hydrogen-bond acceptors (Lipinski definition) is 3. The van der Waals surface area contributed by atoms with Gasteiger partial charge in [0.1, 0.15) is 0 Å². The predicted octanol–water partition coefficient (Wildman–Crippen LogP) is 2.28. The summed E-state index contributed by atoms with van der Waals surface area (Å²) in [7, 11) is 3.72. The van der Waals surface area contributed by atoms with Gasteiger partial charge >= 0.3 is 0 Å². The van der Waals surface area contributed by atoms with Crippen LogP contribution in [0.3, 0.4) is 0 Å². The zero-order chi connectivity index (χ0) is 12.3. The van der Waals surface area contributed by atoms with Gasteiger partial charge in [0.2, 0.25) is 0 Å². The molecule has 0 saturated carbocycles. The number of rotatable bonds is 4. The lowest BCUT2D eigenvalue weighted by Crippen LogP contribution is -2.24. The fourth-order valence-corrected chi connectivity index (χ4v) is 2.68. The second kappa shape index (κ2) is 5.71. The molecule has 1 aliphatic heterocycles. The monoisotopic (exact) mass is 254 g/mol. The summed E-state index contributed by atoms with van der Waals surface area (Å²) in [6, 6.07) is 6.08. The van der Waals surface area contributed by atoms with E-state index in [2.05, 4.69) is 16.3 Å². The van der Waals surface area contributed by atoms with Crippen molar-refractivity contribution in [3.05, 3.63) is 28.8 Å². The van der Waals surface area contributed by atoms with Gasteiger partial charge in [-0.1, -0.05) is 23.7 Å². The summed E-state index contributed by atoms with van der Waals surface area (Å²) in [6.45, 7) is 2.78. The van der Waals surface area contributed by atoms with Crippen molar-refractivity contribution in [3.63, 3.8) is 0 Å². The maximum Gasteiger partial charge on any atom is 0.0762 e. The van der Waals surface area contributed by atoms with Crippen LogP contribution in [0.15, 0.2) is 18.2 Å². The molecule has 1 fully saturated rings. The molecule has 1 aromatic rings. The summed E-state index contributed by atoms with van der Waals surface area (Å²) in [5.41, 5.74) is 2.40. The van der Waals surface area contributed by atoms with Gasteiger partial charge in [0.05, 0.1) is 16.8 Å². The molecule has 3 nitrogen and oxygen atoms in total. The third-order valence-corrected chi connectivity index (χ3v) is 3.54. The lowest BCUT2D eigenvalue weighted by molar-refractivity contribution is 0.121. The van der Waals surface area contributed by atoms with Gasteiger partial charge in [-0.15, -0.1) is 0 Å². The third-order valence-electron chi connectivity index (χ3n) is 3.23. The van der Waals surface area contributed by atoms with Crippen molar-refractivity contribution >= 4 is 17.3 Å². The molecule has 0 spiro atoms.